The summed E-state index contributed by atoms with van der Waals surface area (Å²) < 4.78 is 46.7. The number of aromatic nitrogens is 1. The smallest absolute Gasteiger partial charge is 0.416 e. The molecule has 6 nitrogen and oxygen atoms in total. The fraction of sp³-hybridized carbons (Fsp3) is 0.300. The highest BCUT2D eigenvalue weighted by Crippen LogP contribution is 2.35. The molecule has 3 aromatic rings. The molecule has 2 heterocycles. The highest BCUT2D eigenvalue weighted by atomic mass is 32.2. The van der Waals surface area contributed by atoms with Crippen molar-refractivity contribution in [3.05, 3.63) is 53.0 Å². The molecule has 1 aliphatic rings. The van der Waals surface area contributed by atoms with Crippen molar-refractivity contribution in [3.8, 4) is 5.75 Å². The number of ether oxygens (including phenoxy) is 1. The van der Waals surface area contributed by atoms with Crippen LogP contribution in [-0.2, 0) is 6.18 Å². The number of nitrogens with one attached hydrogen (secondary N) is 1. The number of fused-ring (bicyclic) bond motifs is 1. The van der Waals surface area contributed by atoms with Gasteiger partial charge in [-0.25, -0.2) is 14.8 Å². The van der Waals surface area contributed by atoms with Crippen LogP contribution in [-0.4, -0.2) is 39.6 Å². The molecule has 1 aliphatic heterocycles. The van der Waals surface area contributed by atoms with Crippen molar-refractivity contribution in [1.29, 1.82) is 0 Å². The van der Waals surface area contributed by atoms with Gasteiger partial charge in [-0.15, -0.1) is 11.3 Å². The van der Waals surface area contributed by atoms with Gasteiger partial charge in [0.2, 0.25) is 0 Å². The van der Waals surface area contributed by atoms with Crippen LogP contribution in [0.15, 0.2) is 46.8 Å². The van der Waals surface area contributed by atoms with Crippen LogP contribution in [0.3, 0.4) is 0 Å². The molecule has 2 aromatic carbocycles. The van der Waals surface area contributed by atoms with Crippen molar-refractivity contribution in [2.24, 2.45) is 0 Å². The lowest BCUT2D eigenvalue weighted by atomic mass is 10.1. The largest absolute Gasteiger partial charge is 0.490 e. The van der Waals surface area contributed by atoms with Crippen LogP contribution in [0, 0.1) is 0 Å². The molecule has 0 bridgehead atoms. The topological polar surface area (TPSA) is 74.7 Å². The SMILES string of the molecule is O=C(NO)c1c(SN2CCC(Oc3ccc(C(F)(F)F)cc3)CC2)ccc2ncsc12. The number of thiazole rings is 1. The molecule has 11 heteroatoms. The lowest BCUT2D eigenvalue weighted by Gasteiger charge is -2.31. The van der Waals surface area contributed by atoms with E-state index in [0.29, 0.717) is 52.4 Å². The Kier molecular flexibility index (Phi) is 6.37. The van der Waals surface area contributed by atoms with E-state index in [0.717, 1.165) is 12.1 Å². The molecule has 31 heavy (non-hydrogen) atoms. The Morgan fingerprint density at radius 3 is 2.55 bits per heavy atom. The summed E-state index contributed by atoms with van der Waals surface area (Å²) in [5.41, 5.74) is 3.73. The summed E-state index contributed by atoms with van der Waals surface area (Å²) in [6, 6.07) is 8.36. The van der Waals surface area contributed by atoms with Crippen molar-refractivity contribution in [3.63, 3.8) is 0 Å². The molecule has 0 radical (unpaired) electrons. The van der Waals surface area contributed by atoms with Gasteiger partial charge in [-0.2, -0.15) is 13.2 Å². The van der Waals surface area contributed by atoms with E-state index in [4.69, 9.17) is 9.94 Å². The standard InChI is InChI=1S/C20H18F3N3O3S2/c21-20(22,23)12-1-3-13(4-2-12)29-14-7-9-26(10-8-14)31-16-6-5-15-18(30-11-24-15)17(16)19(27)25-28/h1-6,11,14,28H,7-10H2,(H,25,27). The Bertz CT molecular complexity index is 1060. The highest BCUT2D eigenvalue weighted by Gasteiger charge is 2.30. The highest BCUT2D eigenvalue weighted by molar-refractivity contribution is 7.97. The van der Waals surface area contributed by atoms with Crippen molar-refractivity contribution in [1.82, 2.24) is 14.8 Å². The predicted molar refractivity (Wildman–Crippen MR) is 111 cm³/mol. The van der Waals surface area contributed by atoms with Gasteiger partial charge in [-0.1, -0.05) is 0 Å². The minimum atomic E-state index is -4.37. The van der Waals surface area contributed by atoms with Gasteiger partial charge in [0.05, 0.1) is 26.9 Å². The number of nitrogens with zero attached hydrogens (tertiary/aromatic N) is 2. The third-order valence-electron chi connectivity index (χ3n) is 4.90. The Hall–Kier alpha value is -2.34. The zero-order valence-corrected chi connectivity index (χ0v) is 17.7. The zero-order valence-electron chi connectivity index (χ0n) is 16.1. The number of hydroxylamine groups is 1. The first-order valence-electron chi connectivity index (χ1n) is 9.42. The minimum Gasteiger partial charge on any atom is -0.490 e. The van der Waals surface area contributed by atoms with E-state index in [1.165, 1.54) is 35.4 Å². The third kappa shape index (κ3) is 4.95. The molecule has 1 aromatic heterocycles. The summed E-state index contributed by atoms with van der Waals surface area (Å²) in [6.07, 6.45) is -3.08. The van der Waals surface area contributed by atoms with E-state index in [1.807, 2.05) is 12.1 Å². The van der Waals surface area contributed by atoms with E-state index in [9.17, 15) is 18.0 Å². The number of carbonyl (C=O) groups is 1. The summed E-state index contributed by atoms with van der Waals surface area (Å²) in [4.78, 5) is 17.1. The summed E-state index contributed by atoms with van der Waals surface area (Å²) >= 11 is 2.76. The van der Waals surface area contributed by atoms with E-state index >= 15 is 0 Å². The van der Waals surface area contributed by atoms with Gasteiger partial charge in [0.25, 0.3) is 5.91 Å². The molecule has 1 saturated heterocycles. The summed E-state index contributed by atoms with van der Waals surface area (Å²) in [5, 5.41) is 9.13. The first-order valence-corrected chi connectivity index (χ1v) is 11.1. The van der Waals surface area contributed by atoms with Gasteiger partial charge in [0.1, 0.15) is 11.9 Å². The van der Waals surface area contributed by atoms with Gasteiger partial charge in [0.15, 0.2) is 0 Å². The monoisotopic (exact) mass is 469 g/mol. The number of rotatable bonds is 5. The van der Waals surface area contributed by atoms with E-state index < -0.39 is 17.6 Å². The number of amides is 1. The maximum atomic E-state index is 12.7. The van der Waals surface area contributed by atoms with E-state index in [2.05, 4.69) is 9.29 Å². The van der Waals surface area contributed by atoms with Crippen molar-refractivity contribution in [2.75, 3.05) is 13.1 Å². The molecule has 164 valence electrons. The number of benzene rings is 2. The second kappa shape index (κ2) is 9.03. The van der Waals surface area contributed by atoms with Crippen LogP contribution >= 0.6 is 23.3 Å². The fourth-order valence-electron chi connectivity index (χ4n) is 3.35. The van der Waals surface area contributed by atoms with Crippen molar-refractivity contribution in [2.45, 2.75) is 30.0 Å². The Balaban J connectivity index is 1.38. The number of piperidine rings is 1. The molecule has 4 rings (SSSR count). The van der Waals surface area contributed by atoms with Gasteiger partial charge < -0.3 is 4.74 Å². The Labute approximate surface area is 184 Å². The average Bonchev–Trinajstić information content (AvgIpc) is 3.23. The van der Waals surface area contributed by atoms with Gasteiger partial charge in [0, 0.05) is 18.0 Å². The maximum Gasteiger partial charge on any atom is 0.416 e. The van der Waals surface area contributed by atoms with E-state index in [1.54, 1.807) is 11.0 Å². The number of halogens is 3. The van der Waals surface area contributed by atoms with Crippen LogP contribution < -0.4 is 10.2 Å². The van der Waals surface area contributed by atoms with Crippen LogP contribution in [0.4, 0.5) is 13.2 Å². The first-order chi connectivity index (χ1) is 14.8. The van der Waals surface area contributed by atoms with Crippen LogP contribution in [0.1, 0.15) is 28.8 Å². The Morgan fingerprint density at radius 1 is 1.19 bits per heavy atom. The van der Waals surface area contributed by atoms with Crippen LogP contribution in [0.2, 0.25) is 0 Å². The number of hydrogen-bond donors (Lipinski definition) is 2. The van der Waals surface area contributed by atoms with Crippen molar-refractivity contribution >= 4 is 39.4 Å². The number of hydrogen-bond acceptors (Lipinski definition) is 7. The van der Waals surface area contributed by atoms with Gasteiger partial charge in [-0.05, 0) is 61.2 Å². The molecule has 0 aliphatic carbocycles. The minimum absolute atomic E-state index is 0.0993. The second-order valence-corrected chi connectivity index (χ2v) is 8.93. The van der Waals surface area contributed by atoms with Gasteiger partial charge in [-0.3, -0.25) is 10.0 Å². The predicted octanol–water partition coefficient (Wildman–Crippen LogP) is 4.98. The molecule has 0 spiro atoms. The normalized spacial score (nSPS) is 15.9. The Morgan fingerprint density at radius 2 is 1.90 bits per heavy atom. The molecule has 0 saturated carbocycles. The molecular weight excluding hydrogens is 451 g/mol. The zero-order chi connectivity index (χ0) is 22.0. The summed E-state index contributed by atoms with van der Waals surface area (Å²) in [5.74, 6) is -0.172. The maximum absolute atomic E-state index is 12.7. The van der Waals surface area contributed by atoms with Crippen LogP contribution in [0.25, 0.3) is 10.2 Å². The molecular formula is C20H18F3N3O3S2. The number of carbonyl (C=O) groups excluding carboxylic acids is 1. The first kappa shape index (κ1) is 21.9. The summed E-state index contributed by atoms with van der Waals surface area (Å²) in [7, 11) is 0. The van der Waals surface area contributed by atoms with Gasteiger partial charge >= 0.3 is 6.18 Å². The molecule has 0 atom stereocenters. The quantitative estimate of drug-likeness (QED) is 0.312. The molecule has 1 fully saturated rings. The third-order valence-corrected chi connectivity index (χ3v) is 6.92. The lowest BCUT2D eigenvalue weighted by Crippen LogP contribution is -2.34. The molecule has 1 amide bonds. The van der Waals surface area contributed by atoms with Crippen molar-refractivity contribution < 1.29 is 27.9 Å². The second-order valence-electron chi connectivity index (χ2n) is 6.94. The average molecular weight is 470 g/mol. The molecule has 2 N–H and O–H groups in total. The molecule has 0 unspecified atom stereocenters. The van der Waals surface area contributed by atoms with E-state index in [-0.39, 0.29) is 6.10 Å². The summed E-state index contributed by atoms with van der Waals surface area (Å²) in [6.45, 7) is 1.35. The fourth-order valence-corrected chi connectivity index (χ4v) is 5.34. The lowest BCUT2D eigenvalue weighted by molar-refractivity contribution is -0.137. The van der Waals surface area contributed by atoms with Crippen LogP contribution in [0.5, 0.6) is 5.75 Å². The number of alkyl halides is 3.